The Morgan fingerprint density at radius 2 is 2.24 bits per heavy atom. The minimum Gasteiger partial charge on any atom is -0.381 e. The molecule has 1 aromatic rings. The summed E-state index contributed by atoms with van der Waals surface area (Å²) in [5, 5.41) is 8.86. The van der Waals surface area contributed by atoms with E-state index in [1.54, 1.807) is 0 Å². The molecule has 2 heterocycles. The Morgan fingerprint density at radius 1 is 1.48 bits per heavy atom. The van der Waals surface area contributed by atoms with Gasteiger partial charge in [0, 0.05) is 25.6 Å². The standard InChI is InChI=1S/C16H28ClN3O/c1-12(2)9-18-10-16(6-5-7-21-11-16)8-14-15(17)13(3)19-20(14)4/h12,18H,5-11H2,1-4H3. The Hall–Kier alpha value is -0.580. The number of halogens is 1. The van der Waals surface area contributed by atoms with Gasteiger partial charge in [-0.2, -0.15) is 5.10 Å². The topological polar surface area (TPSA) is 39.1 Å². The summed E-state index contributed by atoms with van der Waals surface area (Å²) in [6, 6.07) is 0. The van der Waals surface area contributed by atoms with Gasteiger partial charge < -0.3 is 10.1 Å². The van der Waals surface area contributed by atoms with Crippen LogP contribution in [-0.2, 0) is 18.2 Å². The second-order valence-corrected chi connectivity index (χ2v) is 7.21. The Bertz CT molecular complexity index is 464. The van der Waals surface area contributed by atoms with Gasteiger partial charge in [0.2, 0.25) is 0 Å². The van der Waals surface area contributed by atoms with Gasteiger partial charge in [-0.25, -0.2) is 0 Å². The molecule has 1 fully saturated rings. The van der Waals surface area contributed by atoms with Crippen molar-refractivity contribution in [1.82, 2.24) is 15.1 Å². The number of aromatic nitrogens is 2. The molecular formula is C16H28ClN3O. The molecule has 1 N–H and O–H groups in total. The molecule has 1 atom stereocenters. The molecule has 2 rings (SSSR count). The van der Waals surface area contributed by atoms with E-state index in [1.807, 2.05) is 18.7 Å². The van der Waals surface area contributed by atoms with E-state index < -0.39 is 0 Å². The Labute approximate surface area is 133 Å². The normalized spacial score (nSPS) is 23.0. The summed E-state index contributed by atoms with van der Waals surface area (Å²) in [4.78, 5) is 0. The first-order valence-corrected chi connectivity index (χ1v) is 8.28. The van der Waals surface area contributed by atoms with Crippen LogP contribution in [0.1, 0.15) is 38.1 Å². The first-order chi connectivity index (χ1) is 9.93. The third-order valence-corrected chi connectivity index (χ3v) is 4.75. The van der Waals surface area contributed by atoms with Crippen LogP contribution in [0.4, 0.5) is 0 Å². The summed E-state index contributed by atoms with van der Waals surface area (Å²) in [7, 11) is 1.98. The zero-order valence-corrected chi connectivity index (χ0v) is 14.5. The summed E-state index contributed by atoms with van der Waals surface area (Å²) >= 11 is 6.44. The first-order valence-electron chi connectivity index (χ1n) is 7.90. The van der Waals surface area contributed by atoms with Gasteiger partial charge in [0.05, 0.1) is 23.0 Å². The largest absolute Gasteiger partial charge is 0.381 e. The van der Waals surface area contributed by atoms with Crippen LogP contribution in [0.3, 0.4) is 0 Å². The second-order valence-electron chi connectivity index (χ2n) is 6.83. The summed E-state index contributed by atoms with van der Waals surface area (Å²) in [6.07, 6.45) is 3.23. The van der Waals surface area contributed by atoms with Crippen molar-refractivity contribution in [3.63, 3.8) is 0 Å². The summed E-state index contributed by atoms with van der Waals surface area (Å²) in [5.41, 5.74) is 2.18. The highest BCUT2D eigenvalue weighted by molar-refractivity contribution is 6.31. The lowest BCUT2D eigenvalue weighted by Gasteiger charge is -2.37. The van der Waals surface area contributed by atoms with Crippen molar-refractivity contribution in [3.05, 3.63) is 16.4 Å². The fourth-order valence-electron chi connectivity index (χ4n) is 3.10. The van der Waals surface area contributed by atoms with E-state index in [0.717, 1.165) is 55.6 Å². The maximum atomic E-state index is 6.44. The number of aryl methyl sites for hydroxylation is 2. The van der Waals surface area contributed by atoms with Gasteiger partial charge in [0.15, 0.2) is 0 Å². The minimum absolute atomic E-state index is 0.136. The van der Waals surface area contributed by atoms with E-state index in [1.165, 1.54) is 6.42 Å². The molecule has 0 spiro atoms. The molecule has 0 bridgehead atoms. The van der Waals surface area contributed by atoms with Crippen LogP contribution >= 0.6 is 11.6 Å². The summed E-state index contributed by atoms with van der Waals surface area (Å²) in [6.45, 7) is 10.1. The van der Waals surface area contributed by atoms with Crippen molar-refractivity contribution in [3.8, 4) is 0 Å². The molecule has 1 aliphatic rings. The number of hydrogen-bond donors (Lipinski definition) is 1. The van der Waals surface area contributed by atoms with Crippen LogP contribution in [0, 0.1) is 18.3 Å². The molecule has 1 saturated heterocycles. The SMILES string of the molecule is Cc1nn(C)c(CC2(CNCC(C)C)CCCOC2)c1Cl. The van der Waals surface area contributed by atoms with Crippen LogP contribution < -0.4 is 5.32 Å². The smallest absolute Gasteiger partial charge is 0.0847 e. The molecule has 21 heavy (non-hydrogen) atoms. The van der Waals surface area contributed by atoms with E-state index in [2.05, 4.69) is 24.3 Å². The third-order valence-electron chi connectivity index (χ3n) is 4.26. The predicted octanol–water partition coefficient (Wildman–Crippen LogP) is 2.97. The fraction of sp³-hybridized carbons (Fsp3) is 0.812. The number of rotatable bonds is 6. The van der Waals surface area contributed by atoms with Crippen molar-refractivity contribution >= 4 is 11.6 Å². The van der Waals surface area contributed by atoms with E-state index in [9.17, 15) is 0 Å². The lowest BCUT2D eigenvalue weighted by molar-refractivity contribution is -0.00827. The van der Waals surface area contributed by atoms with Crippen molar-refractivity contribution in [2.45, 2.75) is 40.0 Å². The Kier molecular flexibility index (Phi) is 5.69. The average molecular weight is 314 g/mol. The maximum Gasteiger partial charge on any atom is 0.0847 e. The highest BCUT2D eigenvalue weighted by atomic mass is 35.5. The third kappa shape index (κ3) is 4.21. The Balaban J connectivity index is 2.12. The molecule has 0 radical (unpaired) electrons. The predicted molar refractivity (Wildman–Crippen MR) is 86.9 cm³/mol. The van der Waals surface area contributed by atoms with Crippen LogP contribution in [0.15, 0.2) is 0 Å². The lowest BCUT2D eigenvalue weighted by Crippen LogP contribution is -2.44. The first kappa shape index (κ1) is 16.8. The summed E-state index contributed by atoms with van der Waals surface area (Å²) in [5.74, 6) is 0.661. The molecule has 0 amide bonds. The molecule has 0 aliphatic carbocycles. The van der Waals surface area contributed by atoms with Gasteiger partial charge in [0.25, 0.3) is 0 Å². The van der Waals surface area contributed by atoms with Crippen LogP contribution in [-0.4, -0.2) is 36.1 Å². The molecule has 0 saturated carbocycles. The van der Waals surface area contributed by atoms with E-state index in [4.69, 9.17) is 16.3 Å². The number of hydrogen-bond acceptors (Lipinski definition) is 3. The molecular weight excluding hydrogens is 286 g/mol. The zero-order chi connectivity index (χ0) is 15.5. The number of ether oxygens (including phenoxy) is 1. The maximum absolute atomic E-state index is 6.44. The highest BCUT2D eigenvalue weighted by Gasteiger charge is 2.35. The lowest BCUT2D eigenvalue weighted by atomic mass is 9.78. The second kappa shape index (κ2) is 7.12. The molecule has 120 valence electrons. The van der Waals surface area contributed by atoms with Crippen LogP contribution in [0.2, 0.25) is 5.02 Å². The molecule has 1 aromatic heterocycles. The molecule has 0 aromatic carbocycles. The van der Waals surface area contributed by atoms with Gasteiger partial charge in [0.1, 0.15) is 0 Å². The van der Waals surface area contributed by atoms with Gasteiger partial charge in [-0.1, -0.05) is 25.4 Å². The van der Waals surface area contributed by atoms with E-state index >= 15 is 0 Å². The molecule has 5 heteroatoms. The quantitative estimate of drug-likeness (QED) is 0.877. The highest BCUT2D eigenvalue weighted by Crippen LogP contribution is 2.34. The van der Waals surface area contributed by atoms with Gasteiger partial charge in [-0.15, -0.1) is 0 Å². The molecule has 1 unspecified atom stereocenters. The fourth-order valence-corrected chi connectivity index (χ4v) is 3.33. The average Bonchev–Trinajstić information content (AvgIpc) is 2.66. The molecule has 1 aliphatic heterocycles. The monoisotopic (exact) mass is 313 g/mol. The van der Waals surface area contributed by atoms with Crippen molar-refractivity contribution in [1.29, 1.82) is 0 Å². The number of nitrogens with one attached hydrogen (secondary N) is 1. The molecule has 4 nitrogen and oxygen atoms in total. The minimum atomic E-state index is 0.136. The van der Waals surface area contributed by atoms with Gasteiger partial charge >= 0.3 is 0 Å². The van der Waals surface area contributed by atoms with E-state index in [-0.39, 0.29) is 5.41 Å². The van der Waals surface area contributed by atoms with Gasteiger partial charge in [-0.05, 0) is 38.6 Å². The summed E-state index contributed by atoms with van der Waals surface area (Å²) < 4.78 is 7.72. The van der Waals surface area contributed by atoms with Crippen LogP contribution in [0.25, 0.3) is 0 Å². The van der Waals surface area contributed by atoms with Crippen LogP contribution in [0.5, 0.6) is 0 Å². The van der Waals surface area contributed by atoms with Crippen molar-refractivity contribution in [2.24, 2.45) is 18.4 Å². The van der Waals surface area contributed by atoms with Crippen molar-refractivity contribution < 1.29 is 4.74 Å². The zero-order valence-electron chi connectivity index (χ0n) is 13.7. The Morgan fingerprint density at radius 3 is 2.76 bits per heavy atom. The van der Waals surface area contributed by atoms with Crippen molar-refractivity contribution in [2.75, 3.05) is 26.3 Å². The number of nitrogens with zero attached hydrogens (tertiary/aromatic N) is 2. The van der Waals surface area contributed by atoms with E-state index in [0.29, 0.717) is 5.92 Å². The van der Waals surface area contributed by atoms with Gasteiger partial charge in [-0.3, -0.25) is 4.68 Å².